The lowest BCUT2D eigenvalue weighted by Crippen LogP contribution is -2.47. The lowest BCUT2D eigenvalue weighted by Gasteiger charge is -2.38. The van der Waals surface area contributed by atoms with Gasteiger partial charge in [0.2, 0.25) is 0 Å². The Hall–Kier alpha value is -1.89. The van der Waals surface area contributed by atoms with Gasteiger partial charge in [-0.2, -0.15) is 0 Å². The van der Waals surface area contributed by atoms with E-state index in [0.29, 0.717) is 17.2 Å². The lowest BCUT2D eigenvalue weighted by atomic mass is 9.86. The van der Waals surface area contributed by atoms with Crippen LogP contribution in [0.2, 0.25) is 0 Å². The van der Waals surface area contributed by atoms with E-state index in [9.17, 15) is 9.59 Å². The first-order valence-corrected chi connectivity index (χ1v) is 8.52. The fraction of sp³-hybridized carbons (Fsp3) is 0.562. The third-order valence-corrected chi connectivity index (χ3v) is 6.03. The summed E-state index contributed by atoms with van der Waals surface area (Å²) in [4.78, 5) is 33.2. The van der Waals surface area contributed by atoms with Crippen molar-refractivity contribution in [2.45, 2.75) is 38.1 Å². The van der Waals surface area contributed by atoms with Crippen LogP contribution < -0.4 is 0 Å². The molecule has 7 heteroatoms. The quantitative estimate of drug-likeness (QED) is 0.797. The van der Waals surface area contributed by atoms with E-state index in [4.69, 9.17) is 4.74 Å². The molecule has 1 atom stereocenters. The number of nitrogens with zero attached hydrogens (tertiary/aromatic N) is 3. The molecule has 3 rings (SSSR count). The molecule has 1 fully saturated rings. The Morgan fingerprint density at radius 2 is 2.09 bits per heavy atom. The van der Waals surface area contributed by atoms with Crippen molar-refractivity contribution in [3.63, 3.8) is 0 Å². The molecule has 0 bridgehead atoms. The molecule has 0 radical (unpaired) electrons. The molecule has 2 amide bonds. The second-order valence-corrected chi connectivity index (χ2v) is 7.17. The van der Waals surface area contributed by atoms with Crippen molar-refractivity contribution in [1.82, 2.24) is 14.8 Å². The number of likely N-dealkylation sites (N-methyl/N-ethyl adjacent to an activating group) is 1. The van der Waals surface area contributed by atoms with E-state index >= 15 is 0 Å². The molecular formula is C16H21N3O3S. The number of hydrogen-bond acceptors (Lipinski definition) is 5. The molecule has 124 valence electrons. The summed E-state index contributed by atoms with van der Waals surface area (Å²) in [6, 6.07) is -0.573. The van der Waals surface area contributed by atoms with Gasteiger partial charge in [0.05, 0.1) is 22.6 Å². The Labute approximate surface area is 139 Å². The smallest absolute Gasteiger partial charge is 0.338 e. The van der Waals surface area contributed by atoms with Crippen molar-refractivity contribution in [3.05, 3.63) is 27.4 Å². The van der Waals surface area contributed by atoms with E-state index in [1.165, 1.54) is 31.3 Å². The zero-order chi connectivity index (χ0) is 16.7. The van der Waals surface area contributed by atoms with Crippen LogP contribution in [0.4, 0.5) is 4.79 Å². The van der Waals surface area contributed by atoms with Crippen LogP contribution in [-0.2, 0) is 9.53 Å². The fourth-order valence-corrected chi connectivity index (χ4v) is 4.28. The minimum absolute atomic E-state index is 0.140. The van der Waals surface area contributed by atoms with Crippen LogP contribution in [0.25, 0.3) is 0 Å². The van der Waals surface area contributed by atoms with E-state index in [2.05, 4.69) is 4.98 Å². The highest BCUT2D eigenvalue weighted by molar-refractivity contribution is 7.11. The SMILES string of the molecule is COC(=O)C1=C(C)N(C)C(=O)N(C)C1c1cnc(C2CCC2)s1. The summed E-state index contributed by atoms with van der Waals surface area (Å²) in [7, 11) is 4.74. The molecule has 1 aliphatic carbocycles. The largest absolute Gasteiger partial charge is 0.466 e. The van der Waals surface area contributed by atoms with Crippen molar-refractivity contribution < 1.29 is 14.3 Å². The van der Waals surface area contributed by atoms with Gasteiger partial charge in [-0.3, -0.25) is 0 Å². The highest BCUT2D eigenvalue weighted by Crippen LogP contribution is 2.43. The number of carbonyl (C=O) groups excluding carboxylic acids is 2. The number of urea groups is 1. The summed E-state index contributed by atoms with van der Waals surface area (Å²) in [5, 5.41) is 1.10. The maximum absolute atomic E-state index is 12.4. The van der Waals surface area contributed by atoms with E-state index in [1.54, 1.807) is 43.5 Å². The van der Waals surface area contributed by atoms with Gasteiger partial charge in [0.25, 0.3) is 0 Å². The number of methoxy groups -OCH3 is 1. The van der Waals surface area contributed by atoms with Gasteiger partial charge in [-0.25, -0.2) is 14.6 Å². The van der Waals surface area contributed by atoms with Gasteiger partial charge in [-0.05, 0) is 19.8 Å². The van der Waals surface area contributed by atoms with E-state index in [0.717, 1.165) is 9.88 Å². The van der Waals surface area contributed by atoms with E-state index in [1.807, 2.05) is 0 Å². The Kier molecular flexibility index (Phi) is 4.14. The van der Waals surface area contributed by atoms with Crippen LogP contribution in [0.5, 0.6) is 0 Å². The zero-order valence-electron chi connectivity index (χ0n) is 13.8. The van der Waals surface area contributed by atoms with Gasteiger partial charge < -0.3 is 14.5 Å². The van der Waals surface area contributed by atoms with Crippen LogP contribution in [0.15, 0.2) is 17.5 Å². The van der Waals surface area contributed by atoms with E-state index in [-0.39, 0.29) is 6.03 Å². The summed E-state index contributed by atoms with van der Waals surface area (Å²) in [5.74, 6) is 0.130. The molecule has 2 aliphatic rings. The normalized spacial score (nSPS) is 22.4. The highest BCUT2D eigenvalue weighted by Gasteiger charge is 2.40. The standard InChI is InChI=1S/C16H21N3O3S/c1-9-12(15(20)22-4)13(19(3)16(21)18(9)2)11-8-17-14(23-11)10-6-5-7-10/h8,10,13H,5-7H2,1-4H3. The van der Waals surface area contributed by atoms with Crippen LogP contribution in [-0.4, -0.2) is 48.0 Å². The van der Waals surface area contributed by atoms with Crippen molar-refractivity contribution in [1.29, 1.82) is 0 Å². The molecule has 2 heterocycles. The highest BCUT2D eigenvalue weighted by atomic mass is 32.1. The molecule has 0 aromatic carbocycles. The van der Waals surface area contributed by atoms with Gasteiger partial charge in [0, 0.05) is 31.9 Å². The van der Waals surface area contributed by atoms with Gasteiger partial charge in [-0.15, -0.1) is 11.3 Å². The third kappa shape index (κ3) is 2.52. The minimum Gasteiger partial charge on any atom is -0.466 e. The topological polar surface area (TPSA) is 62.7 Å². The molecule has 0 N–H and O–H groups in total. The van der Waals surface area contributed by atoms with Crippen molar-refractivity contribution in [2.75, 3.05) is 21.2 Å². The molecule has 1 unspecified atom stereocenters. The average molecular weight is 335 g/mol. The molecule has 0 saturated heterocycles. The third-order valence-electron chi connectivity index (χ3n) is 4.81. The average Bonchev–Trinajstić information content (AvgIpc) is 2.94. The molecule has 1 saturated carbocycles. The Bertz CT molecular complexity index is 678. The number of aromatic nitrogens is 1. The van der Waals surface area contributed by atoms with Crippen molar-refractivity contribution in [2.24, 2.45) is 0 Å². The number of esters is 1. The number of amides is 2. The predicted molar refractivity (Wildman–Crippen MR) is 87.1 cm³/mol. The monoisotopic (exact) mass is 335 g/mol. The fourth-order valence-electron chi connectivity index (χ4n) is 3.04. The van der Waals surface area contributed by atoms with Crippen LogP contribution in [0.3, 0.4) is 0 Å². The molecule has 1 aliphatic heterocycles. The van der Waals surface area contributed by atoms with Gasteiger partial charge in [0.15, 0.2) is 0 Å². The molecule has 1 aromatic rings. The summed E-state index contributed by atoms with van der Waals surface area (Å²) >= 11 is 1.60. The number of ether oxygens (including phenoxy) is 1. The first-order chi connectivity index (χ1) is 11.0. The summed E-state index contributed by atoms with van der Waals surface area (Å²) in [5.41, 5.74) is 1.13. The summed E-state index contributed by atoms with van der Waals surface area (Å²) in [6.07, 6.45) is 5.40. The van der Waals surface area contributed by atoms with Crippen LogP contribution in [0, 0.1) is 0 Å². The number of thiazole rings is 1. The lowest BCUT2D eigenvalue weighted by molar-refractivity contribution is -0.137. The Balaban J connectivity index is 2.04. The molecule has 23 heavy (non-hydrogen) atoms. The van der Waals surface area contributed by atoms with Crippen molar-refractivity contribution in [3.8, 4) is 0 Å². The summed E-state index contributed by atoms with van der Waals surface area (Å²) in [6.45, 7) is 1.78. The minimum atomic E-state index is -0.433. The number of carbonyl (C=O) groups is 2. The maximum atomic E-state index is 12.4. The Morgan fingerprint density at radius 1 is 1.39 bits per heavy atom. The number of allylic oxidation sites excluding steroid dienone is 1. The second-order valence-electron chi connectivity index (χ2n) is 6.07. The van der Waals surface area contributed by atoms with Gasteiger partial charge in [-0.1, -0.05) is 6.42 Å². The molecule has 6 nitrogen and oxygen atoms in total. The maximum Gasteiger partial charge on any atom is 0.338 e. The van der Waals surface area contributed by atoms with Crippen LogP contribution >= 0.6 is 11.3 Å². The first kappa shape index (κ1) is 16.0. The summed E-state index contributed by atoms with van der Waals surface area (Å²) < 4.78 is 4.95. The molecule has 1 aromatic heterocycles. The first-order valence-electron chi connectivity index (χ1n) is 7.71. The molecule has 0 spiro atoms. The number of rotatable bonds is 3. The Morgan fingerprint density at radius 3 is 2.65 bits per heavy atom. The van der Waals surface area contributed by atoms with Gasteiger partial charge >= 0.3 is 12.0 Å². The number of hydrogen-bond donors (Lipinski definition) is 0. The predicted octanol–water partition coefficient (Wildman–Crippen LogP) is 2.90. The second kappa shape index (κ2) is 5.96. The van der Waals surface area contributed by atoms with Crippen LogP contribution in [0.1, 0.15) is 48.0 Å². The van der Waals surface area contributed by atoms with E-state index < -0.39 is 12.0 Å². The van der Waals surface area contributed by atoms with Crippen molar-refractivity contribution >= 4 is 23.3 Å². The zero-order valence-corrected chi connectivity index (χ0v) is 14.6. The van der Waals surface area contributed by atoms with Gasteiger partial charge in [0.1, 0.15) is 6.04 Å². The molecular weight excluding hydrogens is 314 g/mol.